The summed E-state index contributed by atoms with van der Waals surface area (Å²) in [6.45, 7) is 2.30. The number of hydrogen-bond donors (Lipinski definition) is 1. The van der Waals surface area contributed by atoms with E-state index in [0.717, 1.165) is 12.0 Å². The SMILES string of the molecule is CCCC1CCC(NC2CC(c3cccc(F)c3)C2)CC1. The maximum absolute atomic E-state index is 13.2. The predicted molar refractivity (Wildman–Crippen MR) is 86.0 cm³/mol. The Morgan fingerprint density at radius 1 is 1.10 bits per heavy atom. The molecule has 1 N–H and O–H groups in total. The molecule has 0 bridgehead atoms. The third-order valence-electron chi connectivity index (χ3n) is 5.47. The van der Waals surface area contributed by atoms with E-state index in [4.69, 9.17) is 0 Å². The van der Waals surface area contributed by atoms with Gasteiger partial charge in [0.2, 0.25) is 0 Å². The van der Waals surface area contributed by atoms with Crippen molar-refractivity contribution in [2.45, 2.75) is 76.3 Å². The first-order chi connectivity index (χ1) is 10.2. The van der Waals surface area contributed by atoms with Crippen molar-refractivity contribution in [3.05, 3.63) is 35.6 Å². The molecule has 0 atom stereocenters. The van der Waals surface area contributed by atoms with Gasteiger partial charge in [-0.2, -0.15) is 0 Å². The van der Waals surface area contributed by atoms with Crippen molar-refractivity contribution in [2.75, 3.05) is 0 Å². The van der Waals surface area contributed by atoms with Crippen molar-refractivity contribution in [1.29, 1.82) is 0 Å². The zero-order chi connectivity index (χ0) is 14.7. The highest BCUT2D eigenvalue weighted by Crippen LogP contribution is 2.38. The van der Waals surface area contributed by atoms with Crippen LogP contribution in [0.1, 0.15) is 69.8 Å². The van der Waals surface area contributed by atoms with Crippen molar-refractivity contribution in [3.8, 4) is 0 Å². The lowest BCUT2D eigenvalue weighted by Crippen LogP contribution is -2.46. The molecule has 2 fully saturated rings. The van der Waals surface area contributed by atoms with E-state index < -0.39 is 0 Å². The highest BCUT2D eigenvalue weighted by atomic mass is 19.1. The van der Waals surface area contributed by atoms with Gasteiger partial charge in [0, 0.05) is 12.1 Å². The molecule has 0 saturated heterocycles. The van der Waals surface area contributed by atoms with Gasteiger partial charge in [-0.3, -0.25) is 0 Å². The Labute approximate surface area is 128 Å². The topological polar surface area (TPSA) is 12.0 Å². The molecule has 2 saturated carbocycles. The lowest BCUT2D eigenvalue weighted by Gasteiger charge is -2.40. The molecule has 1 aromatic carbocycles. The Morgan fingerprint density at radius 2 is 1.86 bits per heavy atom. The molecule has 2 aliphatic carbocycles. The number of benzene rings is 1. The second-order valence-corrected chi connectivity index (χ2v) is 7.09. The van der Waals surface area contributed by atoms with E-state index >= 15 is 0 Å². The standard InChI is InChI=1S/C19H28FN/c1-2-4-14-7-9-18(10-8-14)21-19-12-16(13-19)15-5-3-6-17(20)11-15/h3,5-6,11,14,16,18-19,21H,2,4,7-10,12-13H2,1H3. The lowest BCUT2D eigenvalue weighted by atomic mass is 9.74. The van der Waals surface area contributed by atoms with Crippen LogP contribution >= 0.6 is 0 Å². The fourth-order valence-electron chi connectivity index (χ4n) is 4.15. The molecule has 116 valence electrons. The Bertz CT molecular complexity index is 445. The number of rotatable bonds is 5. The number of halogens is 1. The summed E-state index contributed by atoms with van der Waals surface area (Å²) in [7, 11) is 0. The Balaban J connectivity index is 1.39. The molecule has 2 heteroatoms. The second-order valence-electron chi connectivity index (χ2n) is 7.09. The van der Waals surface area contributed by atoms with Crippen molar-refractivity contribution in [1.82, 2.24) is 5.32 Å². The van der Waals surface area contributed by atoms with Gasteiger partial charge in [0.1, 0.15) is 5.82 Å². The first kappa shape index (κ1) is 15.0. The van der Waals surface area contributed by atoms with Crippen LogP contribution < -0.4 is 5.32 Å². The fourth-order valence-corrected chi connectivity index (χ4v) is 4.15. The summed E-state index contributed by atoms with van der Waals surface area (Å²) in [5, 5.41) is 3.84. The molecule has 0 aromatic heterocycles. The van der Waals surface area contributed by atoms with E-state index in [1.807, 2.05) is 6.07 Å². The van der Waals surface area contributed by atoms with Crippen LogP contribution in [0.5, 0.6) is 0 Å². The van der Waals surface area contributed by atoms with E-state index in [0.29, 0.717) is 12.0 Å². The molecular formula is C19H28FN. The maximum Gasteiger partial charge on any atom is 0.123 e. The van der Waals surface area contributed by atoms with Crippen molar-refractivity contribution in [3.63, 3.8) is 0 Å². The Morgan fingerprint density at radius 3 is 2.52 bits per heavy atom. The van der Waals surface area contributed by atoms with Gasteiger partial charge in [-0.1, -0.05) is 31.9 Å². The van der Waals surface area contributed by atoms with Crippen molar-refractivity contribution >= 4 is 0 Å². The minimum absolute atomic E-state index is 0.0989. The molecule has 3 rings (SSSR count). The average molecular weight is 289 g/mol. The van der Waals surface area contributed by atoms with Gasteiger partial charge in [0.15, 0.2) is 0 Å². The smallest absolute Gasteiger partial charge is 0.123 e. The third-order valence-corrected chi connectivity index (χ3v) is 5.47. The van der Waals surface area contributed by atoms with Crippen LogP contribution in [0.15, 0.2) is 24.3 Å². The van der Waals surface area contributed by atoms with Gasteiger partial charge in [-0.15, -0.1) is 0 Å². The number of nitrogens with one attached hydrogen (secondary N) is 1. The van der Waals surface area contributed by atoms with Crippen LogP contribution in [0.2, 0.25) is 0 Å². The summed E-state index contributed by atoms with van der Waals surface area (Å²) in [5.74, 6) is 1.45. The highest BCUT2D eigenvalue weighted by Gasteiger charge is 2.32. The predicted octanol–water partition coefficient (Wildman–Crippen LogP) is 5.02. The molecule has 0 heterocycles. The maximum atomic E-state index is 13.2. The molecular weight excluding hydrogens is 261 g/mol. The zero-order valence-corrected chi connectivity index (χ0v) is 13.2. The first-order valence-electron chi connectivity index (χ1n) is 8.76. The van der Waals surface area contributed by atoms with Gasteiger partial charge >= 0.3 is 0 Å². The van der Waals surface area contributed by atoms with Crippen molar-refractivity contribution in [2.24, 2.45) is 5.92 Å². The van der Waals surface area contributed by atoms with E-state index in [2.05, 4.69) is 18.3 Å². The summed E-state index contributed by atoms with van der Waals surface area (Å²) in [5.41, 5.74) is 1.18. The summed E-state index contributed by atoms with van der Waals surface area (Å²) in [6, 6.07) is 8.53. The molecule has 0 unspecified atom stereocenters. The second kappa shape index (κ2) is 6.91. The largest absolute Gasteiger partial charge is 0.311 e. The lowest BCUT2D eigenvalue weighted by molar-refractivity contribution is 0.212. The molecule has 0 amide bonds. The first-order valence-corrected chi connectivity index (χ1v) is 8.76. The Kier molecular flexibility index (Phi) is 4.95. The normalized spacial score (nSPS) is 32.7. The van der Waals surface area contributed by atoms with Crippen LogP contribution in [0.3, 0.4) is 0 Å². The minimum Gasteiger partial charge on any atom is -0.311 e. The van der Waals surface area contributed by atoms with Gasteiger partial charge in [0.05, 0.1) is 0 Å². The van der Waals surface area contributed by atoms with Crippen molar-refractivity contribution < 1.29 is 4.39 Å². The van der Waals surface area contributed by atoms with Gasteiger partial charge < -0.3 is 5.32 Å². The monoisotopic (exact) mass is 289 g/mol. The summed E-state index contributed by atoms with van der Waals surface area (Å²) in [6.07, 6.45) is 10.6. The highest BCUT2D eigenvalue weighted by molar-refractivity contribution is 5.23. The van der Waals surface area contributed by atoms with E-state index in [1.165, 1.54) is 63.0 Å². The summed E-state index contributed by atoms with van der Waals surface area (Å²) in [4.78, 5) is 0. The summed E-state index contributed by atoms with van der Waals surface area (Å²) < 4.78 is 13.2. The molecule has 0 aliphatic heterocycles. The van der Waals surface area contributed by atoms with Crippen LogP contribution in [-0.4, -0.2) is 12.1 Å². The fraction of sp³-hybridized carbons (Fsp3) is 0.684. The molecule has 2 aliphatic rings. The molecule has 0 spiro atoms. The quantitative estimate of drug-likeness (QED) is 0.802. The van der Waals surface area contributed by atoms with E-state index in [-0.39, 0.29) is 5.82 Å². The van der Waals surface area contributed by atoms with E-state index in [1.54, 1.807) is 6.07 Å². The zero-order valence-electron chi connectivity index (χ0n) is 13.2. The van der Waals surface area contributed by atoms with Crippen LogP contribution in [0, 0.1) is 11.7 Å². The molecule has 1 nitrogen and oxygen atoms in total. The van der Waals surface area contributed by atoms with Gasteiger partial charge in [0.25, 0.3) is 0 Å². The number of hydrogen-bond acceptors (Lipinski definition) is 1. The van der Waals surface area contributed by atoms with Crippen LogP contribution in [0.25, 0.3) is 0 Å². The summed E-state index contributed by atoms with van der Waals surface area (Å²) >= 11 is 0. The Hall–Kier alpha value is -0.890. The average Bonchev–Trinajstić information content (AvgIpc) is 2.44. The minimum atomic E-state index is -0.0989. The van der Waals surface area contributed by atoms with E-state index in [9.17, 15) is 4.39 Å². The molecule has 1 aromatic rings. The molecule has 21 heavy (non-hydrogen) atoms. The molecule has 0 radical (unpaired) electrons. The van der Waals surface area contributed by atoms with Crippen LogP contribution in [-0.2, 0) is 0 Å². The van der Waals surface area contributed by atoms with Gasteiger partial charge in [-0.05, 0) is 68.1 Å². The van der Waals surface area contributed by atoms with Crippen LogP contribution in [0.4, 0.5) is 4.39 Å². The third kappa shape index (κ3) is 3.85. The van der Waals surface area contributed by atoms with Gasteiger partial charge in [-0.25, -0.2) is 4.39 Å².